The fraction of sp³-hybridized carbons (Fsp3) is 0.500. The van der Waals surface area contributed by atoms with Crippen LogP contribution in [0.15, 0.2) is 0 Å². The van der Waals surface area contributed by atoms with Gasteiger partial charge in [0.05, 0.1) is 5.97 Å². The van der Waals surface area contributed by atoms with Crippen molar-refractivity contribution in [2.75, 3.05) is 0 Å². The van der Waals surface area contributed by atoms with Crippen molar-refractivity contribution in [1.29, 1.82) is 0 Å². The molecule has 0 aromatic heterocycles. The molecular weight excluding hydrogens is 407 g/mol. The Balaban J connectivity index is 0. The van der Waals surface area contributed by atoms with Crippen molar-refractivity contribution in [3.8, 4) is 0 Å². The maximum atomic E-state index is 10.1. The molecule has 0 unspecified atom stereocenters. The summed E-state index contributed by atoms with van der Waals surface area (Å²) in [6.45, 7) is 0. The monoisotopic (exact) mass is 415 g/mol. The molecular formula is C6H8BiNO7. The molecule has 0 saturated heterocycles. The van der Waals surface area contributed by atoms with E-state index in [9.17, 15) is 29.7 Å². The van der Waals surface area contributed by atoms with Crippen LogP contribution in [0.4, 0.5) is 0 Å². The Kier molecular flexibility index (Phi) is 8.32. The van der Waals surface area contributed by atoms with E-state index in [-0.39, 0.29) is 0 Å². The van der Waals surface area contributed by atoms with Crippen molar-refractivity contribution in [3.63, 3.8) is 0 Å². The summed E-state index contributed by atoms with van der Waals surface area (Å²) in [5.74, 6) is -5.98. The van der Waals surface area contributed by atoms with Gasteiger partial charge in [-0.2, -0.15) is 0 Å². The molecule has 8 nitrogen and oxygen atoms in total. The van der Waals surface area contributed by atoms with E-state index in [0.717, 1.165) is 25.0 Å². The van der Waals surface area contributed by atoms with Gasteiger partial charge < -0.3 is 34.8 Å². The summed E-state index contributed by atoms with van der Waals surface area (Å²) in [4.78, 5) is 30.0. The molecule has 0 bridgehead atoms. The van der Waals surface area contributed by atoms with E-state index in [2.05, 4.69) is 3.68 Å². The molecule has 84 valence electrons. The molecule has 0 aliphatic heterocycles. The zero-order valence-electron chi connectivity index (χ0n) is 7.39. The van der Waals surface area contributed by atoms with Crippen molar-refractivity contribution in [1.82, 2.24) is 0 Å². The van der Waals surface area contributed by atoms with Gasteiger partial charge in [0.25, 0.3) is 0 Å². The van der Waals surface area contributed by atoms with Gasteiger partial charge in [0.15, 0.2) is 0 Å². The van der Waals surface area contributed by atoms with Gasteiger partial charge in [-0.25, -0.2) is 0 Å². The minimum atomic E-state index is -2.97. The predicted molar refractivity (Wildman–Crippen MR) is 40.5 cm³/mol. The molecule has 0 aliphatic carbocycles. The first kappa shape index (κ1) is 16.6. The number of carboxylic acids is 3. The van der Waals surface area contributed by atoms with Gasteiger partial charge in [0.1, 0.15) is 5.60 Å². The molecule has 0 aromatic carbocycles. The topological polar surface area (TPSA) is 167 Å². The third kappa shape index (κ3) is 7.18. The summed E-state index contributed by atoms with van der Waals surface area (Å²) >= 11 is 0.806. The molecule has 0 amide bonds. The SMILES string of the molecule is O=C([O-])CC(O)(CC(=O)[O-])C(=O)[O-].[NH2][BiH+3]. The second-order valence-corrected chi connectivity index (χ2v) is 2.42. The first-order chi connectivity index (χ1) is 6.78. The van der Waals surface area contributed by atoms with E-state index >= 15 is 0 Å². The van der Waals surface area contributed by atoms with Crippen LogP contribution in [0.3, 0.4) is 0 Å². The number of carbonyl (C=O) groups is 3. The standard InChI is InChI=1S/C6H8O7.Bi.H2N.H/c7-3(8)1-6(13,5(11)12)2-4(9)10;;;/h13H,1-2H2,(H,7,8)(H,9,10)(H,11,12);;1H2;/q;+4;-1;/p-3. The molecule has 0 fully saturated rings. The average molecular weight is 415 g/mol. The van der Waals surface area contributed by atoms with Gasteiger partial charge in [-0.15, -0.1) is 0 Å². The number of rotatable bonds is 5. The molecule has 15 heavy (non-hydrogen) atoms. The third-order valence-corrected chi connectivity index (χ3v) is 1.25. The number of carbonyl (C=O) groups excluding carboxylic acids is 3. The minimum absolute atomic E-state index is 0.806. The molecule has 0 aromatic rings. The maximum absolute atomic E-state index is 10.1. The van der Waals surface area contributed by atoms with E-state index in [4.69, 9.17) is 5.11 Å². The molecule has 9 heteroatoms. The summed E-state index contributed by atoms with van der Waals surface area (Å²) in [6.07, 6.45) is -2.72. The number of aliphatic hydroxyl groups is 1. The Bertz CT molecular complexity index is 238. The van der Waals surface area contributed by atoms with E-state index in [0.29, 0.717) is 0 Å². The number of hydrogen-bond donors (Lipinski definition) is 2. The van der Waals surface area contributed by atoms with E-state index < -0.39 is 36.4 Å². The molecule has 0 atom stereocenters. The summed E-state index contributed by atoms with van der Waals surface area (Å²) in [7, 11) is 0. The van der Waals surface area contributed by atoms with Crippen molar-refractivity contribution in [2.24, 2.45) is 3.68 Å². The number of aliphatic carboxylic acids is 3. The van der Waals surface area contributed by atoms with Crippen LogP contribution in [0.1, 0.15) is 12.8 Å². The van der Waals surface area contributed by atoms with E-state index in [1.165, 1.54) is 0 Å². The van der Waals surface area contributed by atoms with Crippen LogP contribution in [0.25, 0.3) is 0 Å². The number of carboxylic acid groups (broad SMARTS) is 3. The van der Waals surface area contributed by atoms with Gasteiger partial charge >= 0.3 is 28.7 Å². The van der Waals surface area contributed by atoms with Crippen molar-refractivity contribution >= 4 is 42.9 Å². The van der Waals surface area contributed by atoms with Crippen LogP contribution >= 0.6 is 0 Å². The zero-order valence-corrected chi connectivity index (χ0v) is 11.3. The van der Waals surface area contributed by atoms with Crippen LogP contribution in [-0.4, -0.2) is 53.6 Å². The normalized spacial score (nSPS) is 9.67. The average Bonchev–Trinajstić information content (AvgIpc) is 2.04. The summed E-state index contributed by atoms with van der Waals surface area (Å²) in [5.41, 5.74) is -2.97. The number of hydrogen-bond acceptors (Lipinski definition) is 8. The fourth-order valence-electron chi connectivity index (χ4n) is 0.684. The summed E-state index contributed by atoms with van der Waals surface area (Å²) < 4.78 is 4.64. The molecule has 0 spiro atoms. The van der Waals surface area contributed by atoms with Crippen LogP contribution in [0, 0.1) is 0 Å². The van der Waals surface area contributed by atoms with E-state index in [1.54, 1.807) is 0 Å². The van der Waals surface area contributed by atoms with Gasteiger partial charge in [-0.3, -0.25) is 0 Å². The quantitative estimate of drug-likeness (QED) is 0.418. The Hall–Kier alpha value is -0.787. The Labute approximate surface area is 99.9 Å². The summed E-state index contributed by atoms with van der Waals surface area (Å²) in [5, 5.41) is 38.9. The van der Waals surface area contributed by atoms with Crippen molar-refractivity contribution < 1.29 is 34.8 Å². The van der Waals surface area contributed by atoms with Gasteiger partial charge in [-0.05, 0) is 0 Å². The molecule has 0 heterocycles. The van der Waals surface area contributed by atoms with Crippen LogP contribution in [0.5, 0.6) is 0 Å². The third-order valence-electron chi connectivity index (χ3n) is 1.25. The van der Waals surface area contributed by atoms with Crippen LogP contribution in [0.2, 0.25) is 0 Å². The summed E-state index contributed by atoms with van der Waals surface area (Å²) in [6, 6.07) is 0. The molecule has 0 saturated carbocycles. The molecule has 3 N–H and O–H groups in total. The Morgan fingerprint density at radius 2 is 1.33 bits per heavy atom. The van der Waals surface area contributed by atoms with Crippen LogP contribution in [-0.2, 0) is 14.4 Å². The van der Waals surface area contributed by atoms with Gasteiger partial charge in [0.2, 0.25) is 0 Å². The Morgan fingerprint density at radius 1 is 1.07 bits per heavy atom. The fourth-order valence-corrected chi connectivity index (χ4v) is 0.684. The van der Waals surface area contributed by atoms with Gasteiger partial charge in [0, 0.05) is 24.8 Å². The molecule has 0 rings (SSSR count). The predicted octanol–water partition coefficient (Wildman–Crippen LogP) is -6.49. The van der Waals surface area contributed by atoms with Crippen molar-refractivity contribution in [3.05, 3.63) is 0 Å². The zero-order chi connectivity index (χ0) is 12.6. The first-order valence-electron chi connectivity index (χ1n) is 3.40. The van der Waals surface area contributed by atoms with Gasteiger partial charge in [-0.1, -0.05) is 0 Å². The van der Waals surface area contributed by atoms with Crippen molar-refractivity contribution in [2.45, 2.75) is 18.4 Å². The molecule has 0 aliphatic rings. The van der Waals surface area contributed by atoms with Crippen LogP contribution < -0.4 is 19.0 Å². The Morgan fingerprint density at radius 3 is 1.47 bits per heavy atom. The second-order valence-electron chi connectivity index (χ2n) is 2.42. The first-order valence-corrected chi connectivity index (χ1v) is 5.65. The second kappa shape index (κ2) is 7.50. The van der Waals surface area contributed by atoms with E-state index in [1.807, 2.05) is 0 Å². The number of nitrogens with two attached hydrogens (primary N) is 1. The molecule has 0 radical (unpaired) electrons.